The van der Waals surface area contributed by atoms with Crippen molar-refractivity contribution in [3.63, 3.8) is 0 Å². The second-order valence-corrected chi connectivity index (χ2v) is 8.38. The summed E-state index contributed by atoms with van der Waals surface area (Å²) in [5, 5.41) is 5.12. The molecule has 1 amide bonds. The lowest BCUT2D eigenvalue weighted by Crippen LogP contribution is -2.34. The lowest BCUT2D eigenvalue weighted by Gasteiger charge is -2.16. The van der Waals surface area contributed by atoms with Crippen molar-refractivity contribution in [1.82, 2.24) is 9.29 Å². The highest BCUT2D eigenvalue weighted by atomic mass is 32.2. The monoisotopic (exact) mass is 351 g/mol. The zero-order valence-electron chi connectivity index (χ0n) is 12.6. The van der Waals surface area contributed by atoms with Crippen molar-refractivity contribution in [1.29, 1.82) is 0 Å². The van der Waals surface area contributed by atoms with Gasteiger partial charge in [-0.05, 0) is 25.0 Å². The zero-order valence-corrected chi connectivity index (χ0v) is 14.2. The van der Waals surface area contributed by atoms with Gasteiger partial charge in [0, 0.05) is 18.3 Å². The molecule has 2 aromatic rings. The minimum Gasteiger partial charge on any atom is -0.301 e. The molecule has 0 atom stereocenters. The average Bonchev–Trinajstić information content (AvgIpc) is 3.28. The Balaban J connectivity index is 1.62. The van der Waals surface area contributed by atoms with Crippen LogP contribution in [0.1, 0.15) is 24.5 Å². The molecule has 1 heterocycles. The molecule has 0 spiro atoms. The summed E-state index contributed by atoms with van der Waals surface area (Å²) in [6, 6.07) is 8.05. The highest BCUT2D eigenvalue weighted by Gasteiger charge is 2.27. The van der Waals surface area contributed by atoms with E-state index in [9.17, 15) is 13.2 Å². The highest BCUT2D eigenvalue weighted by Crippen LogP contribution is 2.40. The molecule has 1 aliphatic carbocycles. The molecule has 3 rings (SSSR count). The first-order valence-electron chi connectivity index (χ1n) is 7.23. The van der Waals surface area contributed by atoms with E-state index >= 15 is 0 Å². The van der Waals surface area contributed by atoms with Crippen molar-refractivity contribution in [2.75, 3.05) is 18.9 Å². The number of carbonyl (C=O) groups excluding carboxylic acids is 1. The Labute approximate surface area is 139 Å². The van der Waals surface area contributed by atoms with E-state index in [2.05, 4.69) is 10.3 Å². The molecule has 0 saturated heterocycles. The smallest absolute Gasteiger partial charge is 0.243 e. The Morgan fingerprint density at radius 3 is 2.70 bits per heavy atom. The van der Waals surface area contributed by atoms with Gasteiger partial charge in [-0.3, -0.25) is 4.79 Å². The van der Waals surface area contributed by atoms with Gasteiger partial charge < -0.3 is 5.32 Å². The first-order valence-corrected chi connectivity index (χ1v) is 9.55. The van der Waals surface area contributed by atoms with Gasteiger partial charge in [-0.25, -0.2) is 13.4 Å². The number of likely N-dealkylation sites (N-methyl/N-ethyl adjacent to an activating group) is 1. The largest absolute Gasteiger partial charge is 0.301 e. The number of benzene rings is 1. The van der Waals surface area contributed by atoms with Crippen molar-refractivity contribution < 1.29 is 13.2 Å². The fraction of sp³-hybridized carbons (Fsp3) is 0.333. The standard InChI is InChI=1S/C15H17N3O3S2/c1-18(23(20,21)12-5-3-2-4-6-12)9-14(19)17-15-16-13(10-22-15)11-7-8-11/h2-6,10-11H,7-9H2,1H3,(H,16,17,19). The maximum Gasteiger partial charge on any atom is 0.243 e. The summed E-state index contributed by atoms with van der Waals surface area (Å²) in [5.74, 6) is 0.127. The molecular formula is C15H17N3O3S2. The van der Waals surface area contributed by atoms with Gasteiger partial charge in [0.15, 0.2) is 5.13 Å². The number of anilines is 1. The van der Waals surface area contributed by atoms with Crippen LogP contribution < -0.4 is 5.32 Å². The quantitative estimate of drug-likeness (QED) is 0.866. The fourth-order valence-corrected chi connectivity index (χ4v) is 4.09. The van der Waals surface area contributed by atoms with Crippen LogP contribution in [0.2, 0.25) is 0 Å². The van der Waals surface area contributed by atoms with Gasteiger partial charge in [-0.1, -0.05) is 18.2 Å². The third-order valence-electron chi connectivity index (χ3n) is 3.58. The van der Waals surface area contributed by atoms with Gasteiger partial charge in [0.25, 0.3) is 0 Å². The first-order chi connectivity index (χ1) is 11.0. The van der Waals surface area contributed by atoms with Crippen LogP contribution in [0.25, 0.3) is 0 Å². The van der Waals surface area contributed by atoms with Gasteiger partial charge >= 0.3 is 0 Å². The van der Waals surface area contributed by atoms with E-state index in [4.69, 9.17) is 0 Å². The minimum absolute atomic E-state index is 0.167. The van der Waals surface area contributed by atoms with Gasteiger partial charge in [0.2, 0.25) is 15.9 Å². The van der Waals surface area contributed by atoms with Crippen molar-refractivity contribution in [2.24, 2.45) is 0 Å². The van der Waals surface area contributed by atoms with E-state index in [1.165, 1.54) is 30.5 Å². The SMILES string of the molecule is CN(CC(=O)Nc1nc(C2CC2)cs1)S(=O)(=O)c1ccccc1. The maximum atomic E-state index is 12.4. The van der Waals surface area contributed by atoms with E-state index in [1.807, 2.05) is 5.38 Å². The first kappa shape index (κ1) is 16.1. The number of sulfonamides is 1. The Bertz CT molecular complexity index is 798. The average molecular weight is 351 g/mol. The summed E-state index contributed by atoms with van der Waals surface area (Å²) >= 11 is 1.37. The van der Waals surface area contributed by atoms with Crippen LogP contribution in [-0.4, -0.2) is 37.2 Å². The number of hydrogen-bond acceptors (Lipinski definition) is 5. The minimum atomic E-state index is -3.67. The van der Waals surface area contributed by atoms with Gasteiger partial charge in [0.05, 0.1) is 17.1 Å². The van der Waals surface area contributed by atoms with Gasteiger partial charge in [0.1, 0.15) is 0 Å². The number of rotatable bonds is 6. The molecule has 0 unspecified atom stereocenters. The number of nitrogens with one attached hydrogen (secondary N) is 1. The second kappa shape index (κ2) is 6.38. The van der Waals surface area contributed by atoms with Crippen molar-refractivity contribution >= 4 is 32.4 Å². The van der Waals surface area contributed by atoms with Crippen LogP contribution in [0.4, 0.5) is 5.13 Å². The number of carbonyl (C=O) groups is 1. The maximum absolute atomic E-state index is 12.4. The molecule has 1 N–H and O–H groups in total. The zero-order chi connectivity index (χ0) is 16.4. The lowest BCUT2D eigenvalue weighted by molar-refractivity contribution is -0.116. The summed E-state index contributed by atoms with van der Waals surface area (Å²) in [7, 11) is -2.28. The molecule has 1 aromatic carbocycles. The summed E-state index contributed by atoms with van der Waals surface area (Å²) in [4.78, 5) is 16.6. The van der Waals surface area contributed by atoms with Crippen LogP contribution in [0.3, 0.4) is 0 Å². The molecule has 23 heavy (non-hydrogen) atoms. The molecule has 0 radical (unpaired) electrons. The number of hydrogen-bond donors (Lipinski definition) is 1. The molecule has 122 valence electrons. The van der Waals surface area contributed by atoms with Crippen molar-refractivity contribution in [2.45, 2.75) is 23.7 Å². The van der Waals surface area contributed by atoms with Crippen LogP contribution in [0.15, 0.2) is 40.6 Å². The molecule has 0 bridgehead atoms. The third kappa shape index (κ3) is 3.77. The number of nitrogens with zero attached hydrogens (tertiary/aromatic N) is 2. The predicted octanol–water partition coefficient (Wildman–Crippen LogP) is 2.28. The van der Waals surface area contributed by atoms with Crippen LogP contribution in [0, 0.1) is 0 Å². The molecule has 6 nitrogen and oxygen atoms in total. The third-order valence-corrected chi connectivity index (χ3v) is 6.18. The van der Waals surface area contributed by atoms with Gasteiger partial charge in [-0.2, -0.15) is 4.31 Å². The summed E-state index contributed by atoms with van der Waals surface area (Å²) in [6.45, 7) is -0.254. The molecule has 8 heteroatoms. The molecule has 1 aromatic heterocycles. The van der Waals surface area contributed by atoms with E-state index < -0.39 is 15.9 Å². The van der Waals surface area contributed by atoms with Crippen molar-refractivity contribution in [3.05, 3.63) is 41.4 Å². The molecule has 1 fully saturated rings. The second-order valence-electron chi connectivity index (χ2n) is 5.47. The van der Waals surface area contributed by atoms with Crippen molar-refractivity contribution in [3.8, 4) is 0 Å². The van der Waals surface area contributed by atoms with Crippen LogP contribution >= 0.6 is 11.3 Å². The van der Waals surface area contributed by atoms with E-state index in [0.29, 0.717) is 11.0 Å². The summed E-state index contributed by atoms with van der Waals surface area (Å²) < 4.78 is 25.7. The van der Waals surface area contributed by atoms with E-state index in [-0.39, 0.29) is 11.4 Å². The van der Waals surface area contributed by atoms with Gasteiger partial charge in [-0.15, -0.1) is 11.3 Å². The number of aromatic nitrogens is 1. The summed E-state index contributed by atoms with van der Waals surface area (Å²) in [5.41, 5.74) is 1.01. The number of thiazole rings is 1. The Morgan fingerprint density at radius 1 is 1.35 bits per heavy atom. The normalized spacial score (nSPS) is 14.9. The lowest BCUT2D eigenvalue weighted by atomic mass is 10.3. The molecule has 0 aliphatic heterocycles. The van der Waals surface area contributed by atoms with E-state index in [0.717, 1.165) is 22.8 Å². The molecule has 1 aliphatic rings. The topological polar surface area (TPSA) is 79.4 Å². The van der Waals surface area contributed by atoms with Crippen LogP contribution in [0.5, 0.6) is 0 Å². The predicted molar refractivity (Wildman–Crippen MR) is 89.0 cm³/mol. The van der Waals surface area contributed by atoms with Crippen LogP contribution in [-0.2, 0) is 14.8 Å². The highest BCUT2D eigenvalue weighted by molar-refractivity contribution is 7.89. The molecule has 1 saturated carbocycles. The number of amides is 1. The summed E-state index contributed by atoms with van der Waals surface area (Å²) in [6.07, 6.45) is 2.30. The Morgan fingerprint density at radius 2 is 2.04 bits per heavy atom. The Hall–Kier alpha value is -1.77. The molecular weight excluding hydrogens is 334 g/mol. The fourth-order valence-electron chi connectivity index (χ4n) is 2.13. The Kier molecular flexibility index (Phi) is 4.47. The van der Waals surface area contributed by atoms with E-state index in [1.54, 1.807) is 18.2 Å².